The first-order valence-corrected chi connectivity index (χ1v) is 10.9. The number of thioether (sulfide) groups is 1. The van der Waals surface area contributed by atoms with Gasteiger partial charge in [-0.25, -0.2) is 4.99 Å². The molecule has 5 nitrogen and oxygen atoms in total. The molecule has 1 aromatic rings. The number of aryl methyl sites for hydroxylation is 1. The van der Waals surface area contributed by atoms with Crippen molar-refractivity contribution in [2.45, 2.75) is 33.2 Å². The summed E-state index contributed by atoms with van der Waals surface area (Å²) in [6.45, 7) is 8.96. The molecule has 1 atom stereocenters. The summed E-state index contributed by atoms with van der Waals surface area (Å²) in [6.07, 6.45) is 4.35. The molecule has 1 fully saturated rings. The summed E-state index contributed by atoms with van der Waals surface area (Å²) >= 11 is 1.87. The Bertz CT molecular complexity index is 560. The van der Waals surface area contributed by atoms with E-state index in [0.29, 0.717) is 19.1 Å². The SMILES string of the molecule is CCNC(=NCc1ccc(C)cc1OCC1CCOC1)NCCCSC. The highest BCUT2D eigenvalue weighted by molar-refractivity contribution is 7.98. The lowest BCUT2D eigenvalue weighted by Gasteiger charge is -2.15. The van der Waals surface area contributed by atoms with E-state index in [1.54, 1.807) is 0 Å². The van der Waals surface area contributed by atoms with Gasteiger partial charge < -0.3 is 20.1 Å². The molecule has 1 saturated heterocycles. The van der Waals surface area contributed by atoms with Gasteiger partial charge in [0.15, 0.2) is 5.96 Å². The molecule has 2 rings (SSSR count). The van der Waals surface area contributed by atoms with Crippen LogP contribution in [0.25, 0.3) is 0 Å². The molecule has 0 radical (unpaired) electrons. The van der Waals surface area contributed by atoms with Crippen LogP contribution in [0.4, 0.5) is 0 Å². The van der Waals surface area contributed by atoms with E-state index in [2.05, 4.69) is 48.9 Å². The van der Waals surface area contributed by atoms with Crippen molar-refractivity contribution >= 4 is 17.7 Å². The Hall–Kier alpha value is -1.40. The first-order chi connectivity index (χ1) is 12.7. The Labute approximate surface area is 162 Å². The quantitative estimate of drug-likeness (QED) is 0.371. The van der Waals surface area contributed by atoms with Crippen molar-refractivity contribution in [3.8, 4) is 5.75 Å². The van der Waals surface area contributed by atoms with Gasteiger partial charge in [-0.15, -0.1) is 0 Å². The molecular weight excluding hydrogens is 346 g/mol. The van der Waals surface area contributed by atoms with Gasteiger partial charge in [-0.1, -0.05) is 12.1 Å². The van der Waals surface area contributed by atoms with Gasteiger partial charge in [0.2, 0.25) is 0 Å². The zero-order chi connectivity index (χ0) is 18.6. The Balaban J connectivity index is 1.96. The minimum Gasteiger partial charge on any atom is -0.493 e. The van der Waals surface area contributed by atoms with E-state index in [1.807, 2.05) is 11.8 Å². The highest BCUT2D eigenvalue weighted by atomic mass is 32.2. The van der Waals surface area contributed by atoms with Crippen LogP contribution >= 0.6 is 11.8 Å². The van der Waals surface area contributed by atoms with E-state index < -0.39 is 0 Å². The average molecular weight is 380 g/mol. The number of guanidine groups is 1. The maximum absolute atomic E-state index is 6.11. The summed E-state index contributed by atoms with van der Waals surface area (Å²) in [7, 11) is 0. The summed E-state index contributed by atoms with van der Waals surface area (Å²) in [5.41, 5.74) is 2.33. The summed E-state index contributed by atoms with van der Waals surface area (Å²) in [5.74, 6) is 3.47. The molecule has 0 aliphatic carbocycles. The van der Waals surface area contributed by atoms with Crippen LogP contribution in [0.3, 0.4) is 0 Å². The van der Waals surface area contributed by atoms with Crippen LogP contribution < -0.4 is 15.4 Å². The summed E-state index contributed by atoms with van der Waals surface area (Å²) < 4.78 is 11.6. The number of rotatable bonds is 10. The lowest BCUT2D eigenvalue weighted by Crippen LogP contribution is -2.37. The van der Waals surface area contributed by atoms with Crippen molar-refractivity contribution < 1.29 is 9.47 Å². The summed E-state index contributed by atoms with van der Waals surface area (Å²) in [4.78, 5) is 4.73. The fourth-order valence-electron chi connectivity index (χ4n) is 2.78. The molecule has 1 aromatic carbocycles. The molecule has 26 heavy (non-hydrogen) atoms. The largest absolute Gasteiger partial charge is 0.493 e. The van der Waals surface area contributed by atoms with Gasteiger partial charge >= 0.3 is 0 Å². The van der Waals surface area contributed by atoms with E-state index in [0.717, 1.165) is 62.2 Å². The molecule has 0 spiro atoms. The molecule has 2 N–H and O–H groups in total. The number of hydrogen-bond acceptors (Lipinski definition) is 4. The predicted molar refractivity (Wildman–Crippen MR) is 111 cm³/mol. The van der Waals surface area contributed by atoms with Crippen molar-refractivity contribution in [1.82, 2.24) is 10.6 Å². The van der Waals surface area contributed by atoms with Crippen LogP contribution in [0.5, 0.6) is 5.75 Å². The van der Waals surface area contributed by atoms with E-state index >= 15 is 0 Å². The van der Waals surface area contributed by atoms with E-state index in [9.17, 15) is 0 Å². The predicted octanol–water partition coefficient (Wildman–Crippen LogP) is 3.22. The second-order valence-corrected chi connectivity index (χ2v) is 7.61. The Morgan fingerprint density at radius 1 is 1.38 bits per heavy atom. The minimum absolute atomic E-state index is 0.502. The second-order valence-electron chi connectivity index (χ2n) is 6.62. The number of hydrogen-bond donors (Lipinski definition) is 2. The van der Waals surface area contributed by atoms with Gasteiger partial charge in [-0.05, 0) is 50.3 Å². The zero-order valence-electron chi connectivity index (χ0n) is 16.3. The smallest absolute Gasteiger partial charge is 0.191 e. The van der Waals surface area contributed by atoms with Crippen molar-refractivity contribution in [2.75, 3.05) is 44.9 Å². The monoisotopic (exact) mass is 379 g/mol. The second kappa shape index (κ2) is 12.1. The fraction of sp³-hybridized carbons (Fsp3) is 0.650. The van der Waals surface area contributed by atoms with Gasteiger partial charge in [0, 0.05) is 31.2 Å². The van der Waals surface area contributed by atoms with Crippen LogP contribution in [-0.4, -0.2) is 50.9 Å². The molecule has 1 aliphatic rings. The van der Waals surface area contributed by atoms with Crippen LogP contribution in [0.1, 0.15) is 30.9 Å². The Morgan fingerprint density at radius 3 is 3.00 bits per heavy atom. The molecule has 0 aromatic heterocycles. The molecule has 0 saturated carbocycles. The van der Waals surface area contributed by atoms with Gasteiger partial charge in [0.05, 0.1) is 19.8 Å². The van der Waals surface area contributed by atoms with Gasteiger partial charge in [0.1, 0.15) is 5.75 Å². The maximum Gasteiger partial charge on any atom is 0.191 e. The summed E-state index contributed by atoms with van der Waals surface area (Å²) in [5, 5.41) is 6.71. The van der Waals surface area contributed by atoms with Crippen LogP contribution in [0.2, 0.25) is 0 Å². The van der Waals surface area contributed by atoms with E-state index in [1.165, 1.54) is 5.56 Å². The van der Waals surface area contributed by atoms with Crippen molar-refractivity contribution in [3.05, 3.63) is 29.3 Å². The Morgan fingerprint density at radius 2 is 2.27 bits per heavy atom. The number of benzene rings is 1. The topological polar surface area (TPSA) is 54.9 Å². The molecule has 6 heteroatoms. The highest BCUT2D eigenvalue weighted by Gasteiger charge is 2.17. The first kappa shape index (κ1) is 20.9. The Kier molecular flexibility index (Phi) is 9.71. The molecule has 1 unspecified atom stereocenters. The van der Waals surface area contributed by atoms with Crippen LogP contribution in [0.15, 0.2) is 23.2 Å². The van der Waals surface area contributed by atoms with Gasteiger partial charge in [0.25, 0.3) is 0 Å². The number of nitrogens with one attached hydrogen (secondary N) is 2. The first-order valence-electron chi connectivity index (χ1n) is 9.54. The molecule has 1 heterocycles. The normalized spacial score (nSPS) is 17.3. The van der Waals surface area contributed by atoms with E-state index in [4.69, 9.17) is 14.5 Å². The van der Waals surface area contributed by atoms with Crippen molar-refractivity contribution in [3.63, 3.8) is 0 Å². The molecular formula is C20H33N3O2S. The molecule has 0 amide bonds. The number of ether oxygens (including phenoxy) is 2. The van der Waals surface area contributed by atoms with Gasteiger partial charge in [-0.2, -0.15) is 11.8 Å². The summed E-state index contributed by atoms with van der Waals surface area (Å²) in [6, 6.07) is 6.35. The standard InChI is InChI=1S/C20H33N3O2S/c1-4-21-20(22-9-5-11-26-3)23-13-18-7-6-16(2)12-19(18)25-15-17-8-10-24-14-17/h6-7,12,17H,4-5,8-11,13-15H2,1-3H3,(H2,21,22,23). The number of aliphatic imine (C=N–C) groups is 1. The molecule has 1 aliphatic heterocycles. The average Bonchev–Trinajstić information content (AvgIpc) is 3.16. The number of nitrogens with zero attached hydrogens (tertiary/aromatic N) is 1. The fourth-order valence-corrected chi connectivity index (χ4v) is 3.21. The third kappa shape index (κ3) is 7.46. The van der Waals surface area contributed by atoms with Gasteiger partial charge in [-0.3, -0.25) is 0 Å². The highest BCUT2D eigenvalue weighted by Crippen LogP contribution is 2.23. The van der Waals surface area contributed by atoms with Crippen molar-refractivity contribution in [1.29, 1.82) is 0 Å². The van der Waals surface area contributed by atoms with E-state index in [-0.39, 0.29) is 0 Å². The van der Waals surface area contributed by atoms with Crippen molar-refractivity contribution in [2.24, 2.45) is 10.9 Å². The third-order valence-electron chi connectivity index (χ3n) is 4.29. The lowest BCUT2D eigenvalue weighted by atomic mass is 10.1. The minimum atomic E-state index is 0.502. The molecule has 0 bridgehead atoms. The molecule has 146 valence electrons. The maximum atomic E-state index is 6.11. The third-order valence-corrected chi connectivity index (χ3v) is 4.99. The lowest BCUT2D eigenvalue weighted by molar-refractivity contribution is 0.166. The van der Waals surface area contributed by atoms with Crippen LogP contribution in [-0.2, 0) is 11.3 Å². The van der Waals surface area contributed by atoms with Crippen LogP contribution in [0, 0.1) is 12.8 Å². The zero-order valence-corrected chi connectivity index (χ0v) is 17.2.